The monoisotopic (exact) mass is 435 g/mol. The second kappa shape index (κ2) is 10.6. The first-order chi connectivity index (χ1) is 14.8. The first kappa shape index (κ1) is 23.7. The fourth-order valence-electron chi connectivity index (χ4n) is 4.42. The predicted octanol–water partition coefficient (Wildman–Crippen LogP) is 2.73. The predicted molar refractivity (Wildman–Crippen MR) is 122 cm³/mol. The third-order valence-electron chi connectivity index (χ3n) is 6.12. The van der Waals surface area contributed by atoms with Crippen molar-refractivity contribution in [2.24, 2.45) is 10.9 Å². The van der Waals surface area contributed by atoms with Crippen molar-refractivity contribution in [3.8, 4) is 0 Å². The number of hydrogen-bond donors (Lipinski definition) is 2. The molecule has 3 aliphatic rings. The Balaban J connectivity index is 1.49. The van der Waals surface area contributed by atoms with Gasteiger partial charge < -0.3 is 25.2 Å². The van der Waals surface area contributed by atoms with Crippen LogP contribution in [0.1, 0.15) is 72.6 Å². The Hall–Kier alpha value is -1.99. The molecule has 2 saturated carbocycles. The highest BCUT2D eigenvalue weighted by Gasteiger charge is 2.35. The largest absolute Gasteiger partial charge is 0.444 e. The van der Waals surface area contributed by atoms with Crippen molar-refractivity contribution < 1.29 is 14.3 Å². The number of likely N-dealkylation sites (tertiary alicyclic amines) is 1. The summed E-state index contributed by atoms with van der Waals surface area (Å²) in [6.07, 6.45) is 7.23. The highest BCUT2D eigenvalue weighted by Crippen LogP contribution is 2.29. The highest BCUT2D eigenvalue weighted by atomic mass is 16.6. The van der Waals surface area contributed by atoms with Crippen LogP contribution in [0, 0.1) is 5.92 Å². The van der Waals surface area contributed by atoms with Gasteiger partial charge in [-0.15, -0.1) is 0 Å². The van der Waals surface area contributed by atoms with Crippen molar-refractivity contribution >= 4 is 18.0 Å². The van der Waals surface area contributed by atoms with Crippen LogP contribution in [0.2, 0.25) is 0 Å². The fourth-order valence-corrected chi connectivity index (χ4v) is 4.42. The van der Waals surface area contributed by atoms with Crippen LogP contribution < -0.4 is 10.6 Å². The second-order valence-electron chi connectivity index (χ2n) is 10.1. The highest BCUT2D eigenvalue weighted by molar-refractivity contribution is 5.81. The average molecular weight is 436 g/mol. The van der Waals surface area contributed by atoms with Gasteiger partial charge in [0.05, 0.1) is 6.54 Å². The Kier molecular flexibility index (Phi) is 8.06. The summed E-state index contributed by atoms with van der Waals surface area (Å²) in [7, 11) is 0. The summed E-state index contributed by atoms with van der Waals surface area (Å²) in [5, 5.41) is 6.78. The molecule has 8 nitrogen and oxygen atoms in total. The minimum Gasteiger partial charge on any atom is -0.444 e. The van der Waals surface area contributed by atoms with Crippen LogP contribution in [0.25, 0.3) is 0 Å². The summed E-state index contributed by atoms with van der Waals surface area (Å²) in [4.78, 5) is 33.7. The molecular formula is C23H41N5O3. The van der Waals surface area contributed by atoms with E-state index in [1.165, 1.54) is 12.8 Å². The smallest absolute Gasteiger partial charge is 0.410 e. The molecule has 1 heterocycles. The Morgan fingerprint density at radius 2 is 1.84 bits per heavy atom. The number of rotatable bonds is 7. The Morgan fingerprint density at radius 1 is 1.13 bits per heavy atom. The van der Waals surface area contributed by atoms with Crippen LogP contribution in [0.5, 0.6) is 0 Å². The van der Waals surface area contributed by atoms with E-state index in [0.717, 1.165) is 57.7 Å². The number of amides is 2. The summed E-state index contributed by atoms with van der Waals surface area (Å²) in [5.74, 6) is 1.32. The molecule has 3 rings (SSSR count). The number of nitrogens with zero attached hydrogens (tertiary/aromatic N) is 3. The maximum atomic E-state index is 12.7. The molecule has 3 fully saturated rings. The molecule has 0 bridgehead atoms. The SMILES string of the molecule is CCNC(=NCCN(C(=O)OC(C)(C)C)C1CC1)NC1CCN(C(=O)C2CCCC2)C1. The zero-order valence-corrected chi connectivity index (χ0v) is 19.8. The first-order valence-electron chi connectivity index (χ1n) is 12.1. The van der Waals surface area contributed by atoms with Gasteiger partial charge in [0, 0.05) is 44.2 Å². The zero-order chi connectivity index (χ0) is 22.4. The molecule has 0 aromatic heterocycles. The van der Waals surface area contributed by atoms with Crippen LogP contribution in [-0.4, -0.2) is 78.2 Å². The third kappa shape index (κ3) is 7.28. The minimum absolute atomic E-state index is 0.216. The standard InChI is InChI=1S/C23H41N5O3/c1-5-24-21(25-13-15-28(19-10-11-19)22(30)31-23(2,3)4)26-18-12-14-27(16-18)20(29)17-8-6-7-9-17/h17-19H,5-16H2,1-4H3,(H2,24,25,26). The van der Waals surface area contributed by atoms with Gasteiger partial charge in [0.25, 0.3) is 0 Å². The number of ether oxygens (including phenoxy) is 1. The lowest BCUT2D eigenvalue weighted by atomic mass is 10.1. The Bertz CT molecular complexity index is 650. The van der Waals surface area contributed by atoms with E-state index in [9.17, 15) is 9.59 Å². The average Bonchev–Trinajstić information content (AvgIpc) is 3.17. The minimum atomic E-state index is -0.492. The fraction of sp³-hybridized carbons (Fsp3) is 0.870. The van der Waals surface area contributed by atoms with Crippen LogP contribution in [0.3, 0.4) is 0 Å². The maximum absolute atomic E-state index is 12.7. The van der Waals surface area contributed by atoms with E-state index in [1.807, 2.05) is 37.5 Å². The van der Waals surface area contributed by atoms with Crippen LogP contribution in [0.15, 0.2) is 4.99 Å². The van der Waals surface area contributed by atoms with Crippen LogP contribution in [0.4, 0.5) is 4.79 Å². The molecule has 1 atom stereocenters. The summed E-state index contributed by atoms with van der Waals surface area (Å²) >= 11 is 0. The number of aliphatic imine (C=N–C) groups is 1. The van der Waals surface area contributed by atoms with Crippen molar-refractivity contribution in [1.29, 1.82) is 0 Å². The van der Waals surface area contributed by atoms with E-state index in [-0.39, 0.29) is 24.1 Å². The number of carbonyl (C=O) groups is 2. The van der Waals surface area contributed by atoms with E-state index in [1.54, 1.807) is 0 Å². The number of nitrogens with one attached hydrogen (secondary N) is 2. The van der Waals surface area contributed by atoms with E-state index >= 15 is 0 Å². The molecule has 1 aliphatic heterocycles. The van der Waals surface area contributed by atoms with Gasteiger partial charge in [0.1, 0.15) is 5.60 Å². The lowest BCUT2D eigenvalue weighted by Gasteiger charge is -2.27. The van der Waals surface area contributed by atoms with Crippen molar-refractivity contribution in [1.82, 2.24) is 20.4 Å². The van der Waals surface area contributed by atoms with Crippen molar-refractivity contribution in [3.63, 3.8) is 0 Å². The molecule has 2 amide bonds. The molecule has 1 saturated heterocycles. The normalized spacial score (nSPS) is 22.5. The summed E-state index contributed by atoms with van der Waals surface area (Å²) in [5.41, 5.74) is -0.492. The molecule has 2 aliphatic carbocycles. The molecule has 176 valence electrons. The molecule has 1 unspecified atom stereocenters. The molecule has 0 radical (unpaired) electrons. The molecule has 31 heavy (non-hydrogen) atoms. The second-order valence-corrected chi connectivity index (χ2v) is 10.1. The summed E-state index contributed by atoms with van der Waals surface area (Å²) < 4.78 is 5.56. The number of carbonyl (C=O) groups excluding carboxylic acids is 2. The lowest BCUT2D eigenvalue weighted by Crippen LogP contribution is -2.46. The molecule has 0 aromatic rings. The van der Waals surface area contributed by atoms with Crippen LogP contribution in [-0.2, 0) is 9.53 Å². The van der Waals surface area contributed by atoms with E-state index in [4.69, 9.17) is 9.73 Å². The van der Waals surface area contributed by atoms with Crippen molar-refractivity contribution in [2.45, 2.75) is 90.3 Å². The topological polar surface area (TPSA) is 86.3 Å². The number of hydrogen-bond acceptors (Lipinski definition) is 4. The number of guanidine groups is 1. The molecule has 0 aromatic carbocycles. The van der Waals surface area contributed by atoms with Gasteiger partial charge in [-0.3, -0.25) is 9.79 Å². The molecule has 2 N–H and O–H groups in total. The first-order valence-corrected chi connectivity index (χ1v) is 12.1. The van der Waals surface area contributed by atoms with E-state index < -0.39 is 5.60 Å². The van der Waals surface area contributed by atoms with Gasteiger partial charge in [0.2, 0.25) is 5.91 Å². The summed E-state index contributed by atoms with van der Waals surface area (Å²) in [6.45, 7) is 11.1. The van der Waals surface area contributed by atoms with E-state index in [0.29, 0.717) is 19.0 Å². The van der Waals surface area contributed by atoms with Gasteiger partial charge in [0.15, 0.2) is 5.96 Å². The lowest BCUT2D eigenvalue weighted by molar-refractivity contribution is -0.134. The summed E-state index contributed by atoms with van der Waals surface area (Å²) in [6, 6.07) is 0.499. The Morgan fingerprint density at radius 3 is 2.45 bits per heavy atom. The van der Waals surface area contributed by atoms with Gasteiger partial charge in [-0.2, -0.15) is 0 Å². The zero-order valence-electron chi connectivity index (χ0n) is 19.8. The quantitative estimate of drug-likeness (QED) is 0.474. The Labute approximate surface area is 187 Å². The van der Waals surface area contributed by atoms with Gasteiger partial charge >= 0.3 is 6.09 Å². The molecule has 0 spiro atoms. The van der Waals surface area contributed by atoms with Gasteiger partial charge in [-0.1, -0.05) is 12.8 Å². The van der Waals surface area contributed by atoms with E-state index in [2.05, 4.69) is 10.6 Å². The molecular weight excluding hydrogens is 394 g/mol. The van der Waals surface area contributed by atoms with Gasteiger partial charge in [-0.25, -0.2) is 4.79 Å². The van der Waals surface area contributed by atoms with Gasteiger partial charge in [-0.05, 0) is 59.8 Å². The molecule has 8 heteroatoms. The third-order valence-corrected chi connectivity index (χ3v) is 6.12. The van der Waals surface area contributed by atoms with Crippen molar-refractivity contribution in [3.05, 3.63) is 0 Å². The maximum Gasteiger partial charge on any atom is 0.410 e. The van der Waals surface area contributed by atoms with Crippen molar-refractivity contribution in [2.75, 3.05) is 32.7 Å². The van der Waals surface area contributed by atoms with Crippen LogP contribution >= 0.6 is 0 Å².